The van der Waals surface area contributed by atoms with E-state index in [1.54, 1.807) is 47.0 Å². The molecule has 4 N–H and O–H groups in total. The molecule has 0 bridgehead atoms. The quantitative estimate of drug-likeness (QED) is 0.306. The number of hydrogen-bond donors (Lipinski definition) is 3. The molecule has 0 aliphatic carbocycles. The fraction of sp³-hybridized carbons (Fsp3) is 0.174. The molecule has 3 aromatic rings. The van der Waals surface area contributed by atoms with E-state index < -0.39 is 5.97 Å². The van der Waals surface area contributed by atoms with Gasteiger partial charge in [0.1, 0.15) is 5.84 Å². The number of nitrogens with one attached hydrogen (secondary N) is 1. The number of aliphatic carboxylic acids is 1. The maximum atomic E-state index is 13.3. The third-order valence-electron chi connectivity index (χ3n) is 5.11. The molecule has 0 saturated heterocycles. The van der Waals surface area contributed by atoms with Crippen molar-refractivity contribution in [2.24, 2.45) is 5.73 Å². The molecule has 10 heteroatoms. The van der Waals surface area contributed by atoms with Gasteiger partial charge in [-0.2, -0.15) is 0 Å². The number of nitrogen functional groups attached to an aromatic ring is 1. The van der Waals surface area contributed by atoms with Crippen LogP contribution in [0, 0.1) is 17.3 Å². The van der Waals surface area contributed by atoms with Crippen LogP contribution in [0.4, 0.5) is 0 Å². The Morgan fingerprint density at radius 1 is 1.18 bits per heavy atom. The number of hydrogen-bond acceptors (Lipinski definition) is 6. The molecule has 0 fully saturated rings. The average Bonchev–Trinajstić information content (AvgIpc) is 3.17. The van der Waals surface area contributed by atoms with E-state index >= 15 is 0 Å². The van der Waals surface area contributed by atoms with Gasteiger partial charge >= 0.3 is 12.0 Å². The summed E-state index contributed by atoms with van der Waals surface area (Å²) in [6, 6.07) is 12.4. The standard InChI is InChI=1S/C23H20N6O4/c1-33-23-27-26-19-13-28(11-10-20(30)31)22(32)17-12-15(6-9-18(17)29(19)23)3-2-14-4-7-16(8-5-14)21(24)25/h4-9,12H,10-11,13H2,1H3,(H3,24,25)(H,30,31). The Bertz CT molecular complexity index is 1320. The Morgan fingerprint density at radius 2 is 1.88 bits per heavy atom. The zero-order valence-corrected chi connectivity index (χ0v) is 17.7. The van der Waals surface area contributed by atoms with Crippen LogP contribution < -0.4 is 10.5 Å². The highest BCUT2D eigenvalue weighted by Crippen LogP contribution is 2.28. The van der Waals surface area contributed by atoms with Gasteiger partial charge in [-0.25, -0.2) is 4.57 Å². The first-order chi connectivity index (χ1) is 15.9. The van der Waals surface area contributed by atoms with Crippen molar-refractivity contribution in [3.05, 3.63) is 70.5 Å². The van der Waals surface area contributed by atoms with Crippen molar-refractivity contribution in [2.45, 2.75) is 13.0 Å². The topological polar surface area (TPSA) is 147 Å². The number of aromatic nitrogens is 3. The lowest BCUT2D eigenvalue weighted by molar-refractivity contribution is -0.137. The van der Waals surface area contributed by atoms with Crippen molar-refractivity contribution in [3.63, 3.8) is 0 Å². The summed E-state index contributed by atoms with van der Waals surface area (Å²) in [4.78, 5) is 25.8. The third kappa shape index (κ3) is 4.38. The zero-order valence-electron chi connectivity index (χ0n) is 17.7. The van der Waals surface area contributed by atoms with Crippen LogP contribution in [-0.4, -0.2) is 56.1 Å². The molecule has 1 aromatic heterocycles. The number of rotatable bonds is 5. The van der Waals surface area contributed by atoms with Crippen LogP contribution >= 0.6 is 0 Å². The number of methoxy groups -OCH3 is 1. The summed E-state index contributed by atoms with van der Waals surface area (Å²) >= 11 is 0. The number of nitrogens with zero attached hydrogens (tertiary/aromatic N) is 4. The van der Waals surface area contributed by atoms with Gasteiger partial charge in [0.15, 0.2) is 5.82 Å². The maximum Gasteiger partial charge on any atom is 0.321 e. The van der Waals surface area contributed by atoms with Gasteiger partial charge in [0.05, 0.1) is 31.3 Å². The monoisotopic (exact) mass is 444 g/mol. The Kier molecular flexibility index (Phi) is 5.78. The highest BCUT2D eigenvalue weighted by Gasteiger charge is 2.30. The summed E-state index contributed by atoms with van der Waals surface area (Å²) in [6.45, 7) is 0.127. The number of fused-ring (bicyclic) bond motifs is 3. The van der Waals surface area contributed by atoms with Crippen molar-refractivity contribution >= 4 is 17.7 Å². The molecular formula is C23H20N6O4. The predicted octanol–water partition coefficient (Wildman–Crippen LogP) is 1.39. The van der Waals surface area contributed by atoms with Crippen molar-refractivity contribution in [1.29, 1.82) is 5.41 Å². The summed E-state index contributed by atoms with van der Waals surface area (Å²) in [7, 11) is 1.46. The Balaban J connectivity index is 1.74. The van der Waals surface area contributed by atoms with E-state index in [0.29, 0.717) is 28.2 Å². The van der Waals surface area contributed by atoms with E-state index in [1.807, 2.05) is 0 Å². The Morgan fingerprint density at radius 3 is 2.55 bits per heavy atom. The van der Waals surface area contributed by atoms with Gasteiger partial charge in [0.2, 0.25) is 0 Å². The highest BCUT2D eigenvalue weighted by molar-refractivity contribution is 5.99. The fourth-order valence-electron chi connectivity index (χ4n) is 3.46. The maximum absolute atomic E-state index is 13.3. The van der Waals surface area contributed by atoms with Gasteiger partial charge in [-0.15, -0.1) is 5.10 Å². The number of carbonyl (C=O) groups is 2. The average molecular weight is 444 g/mol. The van der Waals surface area contributed by atoms with Crippen LogP contribution in [0.15, 0.2) is 42.5 Å². The molecule has 1 aliphatic rings. The predicted molar refractivity (Wildman–Crippen MR) is 118 cm³/mol. The Hall–Kier alpha value is -4.65. The molecular weight excluding hydrogens is 424 g/mol. The second-order valence-electron chi connectivity index (χ2n) is 7.28. The molecule has 0 spiro atoms. The van der Waals surface area contributed by atoms with E-state index in [4.69, 9.17) is 21.0 Å². The first-order valence-corrected chi connectivity index (χ1v) is 9.97. The smallest absolute Gasteiger partial charge is 0.321 e. The van der Waals surface area contributed by atoms with Crippen LogP contribution in [0.1, 0.15) is 39.3 Å². The number of benzene rings is 2. The molecule has 0 atom stereocenters. The summed E-state index contributed by atoms with van der Waals surface area (Å²) in [5, 5.41) is 24.7. The number of carboxylic acids is 1. The summed E-state index contributed by atoms with van der Waals surface area (Å²) < 4.78 is 6.95. The van der Waals surface area contributed by atoms with E-state index in [0.717, 1.165) is 5.56 Å². The first-order valence-electron chi connectivity index (χ1n) is 9.97. The number of nitrogens with two attached hydrogens (primary N) is 1. The lowest BCUT2D eigenvalue weighted by atomic mass is 10.1. The van der Waals surface area contributed by atoms with Gasteiger partial charge < -0.3 is 20.5 Å². The second-order valence-corrected chi connectivity index (χ2v) is 7.28. The molecule has 0 saturated carbocycles. The van der Waals surface area contributed by atoms with Crippen LogP contribution in [0.25, 0.3) is 5.69 Å². The number of amidine groups is 1. The van der Waals surface area contributed by atoms with Crippen molar-refractivity contribution < 1.29 is 19.4 Å². The summed E-state index contributed by atoms with van der Waals surface area (Å²) in [6.07, 6.45) is -0.192. The molecule has 0 unspecified atom stereocenters. The molecule has 0 radical (unpaired) electrons. The van der Waals surface area contributed by atoms with E-state index in [9.17, 15) is 9.59 Å². The van der Waals surface area contributed by atoms with Crippen LogP contribution in [-0.2, 0) is 11.3 Å². The zero-order chi connectivity index (χ0) is 23.5. The molecule has 4 rings (SSSR count). The largest absolute Gasteiger partial charge is 0.481 e. The lowest BCUT2D eigenvalue weighted by Crippen LogP contribution is -2.32. The van der Waals surface area contributed by atoms with Gasteiger partial charge in [-0.05, 0) is 30.3 Å². The molecule has 1 amide bonds. The number of carboxylic acid groups (broad SMARTS) is 1. The summed E-state index contributed by atoms with van der Waals surface area (Å²) in [5.41, 5.74) is 8.29. The van der Waals surface area contributed by atoms with E-state index in [1.165, 1.54) is 12.0 Å². The minimum Gasteiger partial charge on any atom is -0.481 e. The molecule has 1 aliphatic heterocycles. The molecule has 10 nitrogen and oxygen atoms in total. The van der Waals surface area contributed by atoms with Crippen molar-refractivity contribution in [2.75, 3.05) is 13.7 Å². The van der Waals surface area contributed by atoms with Crippen LogP contribution in [0.2, 0.25) is 0 Å². The Labute approximate surface area is 189 Å². The third-order valence-corrected chi connectivity index (χ3v) is 5.11. The van der Waals surface area contributed by atoms with Crippen LogP contribution in [0.5, 0.6) is 6.01 Å². The summed E-state index contributed by atoms with van der Waals surface area (Å²) in [5.74, 6) is 5.20. The fourth-order valence-corrected chi connectivity index (χ4v) is 3.46. The minimum absolute atomic E-state index is 0.0185. The highest BCUT2D eigenvalue weighted by atomic mass is 16.5. The second kappa shape index (κ2) is 8.84. The number of amides is 1. The lowest BCUT2D eigenvalue weighted by Gasteiger charge is -2.19. The van der Waals surface area contributed by atoms with Gasteiger partial charge in [-0.1, -0.05) is 29.1 Å². The number of ether oxygens (including phenoxy) is 1. The van der Waals surface area contributed by atoms with Crippen molar-refractivity contribution in [1.82, 2.24) is 19.7 Å². The minimum atomic E-state index is -0.998. The van der Waals surface area contributed by atoms with Gasteiger partial charge in [-0.3, -0.25) is 15.0 Å². The normalized spacial score (nSPS) is 12.2. The number of carbonyl (C=O) groups excluding carboxylic acids is 1. The van der Waals surface area contributed by atoms with Crippen molar-refractivity contribution in [3.8, 4) is 23.5 Å². The van der Waals surface area contributed by atoms with Gasteiger partial charge in [0.25, 0.3) is 5.91 Å². The first kappa shape index (κ1) is 21.6. The molecule has 2 heterocycles. The molecule has 166 valence electrons. The SMILES string of the molecule is COc1nnc2n1-c1ccc(C#Cc3ccc(C(=N)N)cc3)cc1C(=O)N(CCC(=O)O)C2. The van der Waals surface area contributed by atoms with Crippen LogP contribution in [0.3, 0.4) is 0 Å². The van der Waals surface area contributed by atoms with E-state index in [-0.39, 0.29) is 37.3 Å². The molecule has 33 heavy (non-hydrogen) atoms. The molecule has 2 aromatic carbocycles. The van der Waals surface area contributed by atoms with E-state index in [2.05, 4.69) is 22.0 Å². The van der Waals surface area contributed by atoms with Gasteiger partial charge in [0, 0.05) is 23.2 Å².